The molecule has 33 heavy (non-hydrogen) atoms. The number of phenolic OH excluding ortho intramolecular Hbond substituents is 1. The predicted octanol–water partition coefficient (Wildman–Crippen LogP) is 3.48. The summed E-state index contributed by atoms with van der Waals surface area (Å²) in [5.74, 6) is -1.47. The molecule has 0 spiro atoms. The number of aromatic hydroxyl groups is 1. The summed E-state index contributed by atoms with van der Waals surface area (Å²) in [4.78, 5) is 23.2. The second-order valence-electron chi connectivity index (χ2n) is 7.81. The number of nitrogens with zero attached hydrogens (tertiary/aromatic N) is 1. The zero-order valence-electron chi connectivity index (χ0n) is 18.9. The number of ether oxygens (including phenoxy) is 2. The lowest BCUT2D eigenvalue weighted by atomic mass is 10.1. The molecule has 0 unspecified atom stereocenters. The average Bonchev–Trinajstić information content (AvgIpc) is 2.78. The van der Waals surface area contributed by atoms with Gasteiger partial charge in [0, 0.05) is 24.8 Å². The molecule has 0 radical (unpaired) electrons. The van der Waals surface area contributed by atoms with E-state index in [1.54, 1.807) is 32.9 Å². The van der Waals surface area contributed by atoms with E-state index in [1.165, 1.54) is 22.5 Å². The normalized spacial score (nSPS) is 14.5. The molecule has 1 saturated heterocycles. The molecule has 1 aliphatic heterocycles. The van der Waals surface area contributed by atoms with Crippen LogP contribution >= 0.6 is 0 Å². The van der Waals surface area contributed by atoms with Gasteiger partial charge in [-0.05, 0) is 69.0 Å². The Morgan fingerprint density at radius 1 is 1.06 bits per heavy atom. The quantitative estimate of drug-likeness (QED) is 0.483. The molecule has 0 saturated carbocycles. The van der Waals surface area contributed by atoms with Gasteiger partial charge in [-0.25, -0.2) is 13.2 Å². The van der Waals surface area contributed by atoms with Crippen molar-refractivity contribution in [3.8, 4) is 17.2 Å². The highest BCUT2D eigenvalue weighted by Gasteiger charge is 2.29. The number of piperidine rings is 1. The number of benzene rings is 2. The van der Waals surface area contributed by atoms with Gasteiger partial charge in [0.05, 0.1) is 6.61 Å². The van der Waals surface area contributed by atoms with Crippen molar-refractivity contribution in [2.75, 3.05) is 25.0 Å². The molecule has 2 N–H and O–H groups in total. The van der Waals surface area contributed by atoms with Crippen molar-refractivity contribution >= 4 is 27.6 Å². The third-order valence-electron chi connectivity index (χ3n) is 5.26. The number of nitrogens with one attached hydrogen (secondary N) is 1. The topological polar surface area (TPSA) is 122 Å². The molecule has 3 rings (SSSR count). The number of rotatable bonds is 6. The first-order valence-corrected chi connectivity index (χ1v) is 12.2. The lowest BCUT2D eigenvalue weighted by Crippen LogP contribution is -2.35. The van der Waals surface area contributed by atoms with Crippen LogP contribution in [0.4, 0.5) is 5.69 Å². The second kappa shape index (κ2) is 10.2. The van der Waals surface area contributed by atoms with Crippen LogP contribution in [0.15, 0.2) is 35.2 Å². The Hall–Kier alpha value is -3.11. The number of anilines is 1. The van der Waals surface area contributed by atoms with Gasteiger partial charge >= 0.3 is 11.9 Å². The summed E-state index contributed by atoms with van der Waals surface area (Å²) < 4.78 is 38.1. The number of hydrogen-bond donors (Lipinski definition) is 2. The van der Waals surface area contributed by atoms with Gasteiger partial charge in [-0.3, -0.25) is 4.79 Å². The summed E-state index contributed by atoms with van der Waals surface area (Å²) in [6, 6.07) is 7.36. The molecule has 2 aromatic carbocycles. The molecule has 0 bridgehead atoms. The van der Waals surface area contributed by atoms with E-state index in [9.17, 15) is 23.1 Å². The Bertz CT molecular complexity index is 1130. The van der Waals surface area contributed by atoms with E-state index in [2.05, 4.69) is 10.1 Å². The molecular weight excluding hydrogens is 448 g/mol. The lowest BCUT2D eigenvalue weighted by Gasteiger charge is -2.26. The Labute approximate surface area is 193 Å². The number of phenols is 1. The summed E-state index contributed by atoms with van der Waals surface area (Å²) in [5, 5.41) is 12.7. The van der Waals surface area contributed by atoms with Crippen molar-refractivity contribution in [3.63, 3.8) is 0 Å². The molecule has 9 nitrogen and oxygen atoms in total. The van der Waals surface area contributed by atoms with Crippen molar-refractivity contribution in [3.05, 3.63) is 41.5 Å². The molecule has 0 aliphatic carbocycles. The van der Waals surface area contributed by atoms with Gasteiger partial charge in [-0.15, -0.1) is 0 Å². The van der Waals surface area contributed by atoms with Gasteiger partial charge in [0.15, 0.2) is 0 Å². The van der Waals surface area contributed by atoms with Crippen LogP contribution in [0.5, 0.6) is 17.2 Å². The third kappa shape index (κ3) is 5.63. The average molecular weight is 477 g/mol. The van der Waals surface area contributed by atoms with Crippen molar-refractivity contribution < 1.29 is 32.6 Å². The summed E-state index contributed by atoms with van der Waals surface area (Å²) in [6.07, 6.45) is 2.55. The number of hydrogen-bond acceptors (Lipinski definition) is 7. The van der Waals surface area contributed by atoms with Gasteiger partial charge < -0.3 is 19.9 Å². The number of sulfonamides is 1. The number of carbonyl (C=O) groups excluding carboxylic acids is 2. The first-order valence-electron chi connectivity index (χ1n) is 10.7. The van der Waals surface area contributed by atoms with Crippen LogP contribution in [-0.4, -0.2) is 49.4 Å². The molecule has 1 aliphatic rings. The predicted molar refractivity (Wildman–Crippen MR) is 122 cm³/mol. The van der Waals surface area contributed by atoms with E-state index in [1.807, 2.05) is 0 Å². The van der Waals surface area contributed by atoms with Gasteiger partial charge in [-0.2, -0.15) is 4.31 Å². The molecule has 1 amide bonds. The smallest absolute Gasteiger partial charge is 0.397 e. The maximum atomic E-state index is 13.0. The third-order valence-corrected chi connectivity index (χ3v) is 7.19. The number of amides is 1. The molecule has 1 heterocycles. The maximum absolute atomic E-state index is 13.0. The first kappa shape index (κ1) is 24.5. The lowest BCUT2D eigenvalue weighted by molar-refractivity contribution is -0.152. The fourth-order valence-electron chi connectivity index (χ4n) is 3.69. The first-order chi connectivity index (χ1) is 15.6. The van der Waals surface area contributed by atoms with Gasteiger partial charge in [0.25, 0.3) is 0 Å². The summed E-state index contributed by atoms with van der Waals surface area (Å²) in [7, 11) is -3.85. The van der Waals surface area contributed by atoms with Gasteiger partial charge in [-0.1, -0.05) is 6.42 Å². The van der Waals surface area contributed by atoms with Crippen molar-refractivity contribution in [1.82, 2.24) is 4.31 Å². The Morgan fingerprint density at radius 3 is 2.30 bits per heavy atom. The van der Waals surface area contributed by atoms with Crippen molar-refractivity contribution in [2.24, 2.45) is 0 Å². The Kier molecular flexibility index (Phi) is 7.60. The van der Waals surface area contributed by atoms with Crippen molar-refractivity contribution in [1.29, 1.82) is 0 Å². The van der Waals surface area contributed by atoms with E-state index in [0.717, 1.165) is 19.3 Å². The Morgan fingerprint density at radius 2 is 1.70 bits per heavy atom. The molecule has 0 atom stereocenters. The standard InChI is InChI=1S/C23H28N2O7S/c1-4-31-23(28)22(27)24-17-12-15(2)21(16(3)13-17)32-18-8-9-19(26)20(14-18)33(29,30)25-10-6-5-7-11-25/h8-9,12-14,26H,4-7,10-11H2,1-3H3,(H,24,27). The molecule has 2 aromatic rings. The highest BCUT2D eigenvalue weighted by atomic mass is 32.2. The highest BCUT2D eigenvalue weighted by Crippen LogP contribution is 2.36. The maximum Gasteiger partial charge on any atom is 0.397 e. The molecule has 10 heteroatoms. The number of esters is 1. The zero-order valence-corrected chi connectivity index (χ0v) is 19.7. The van der Waals surface area contributed by atoms with Crippen LogP contribution in [0.3, 0.4) is 0 Å². The monoisotopic (exact) mass is 476 g/mol. The molecule has 178 valence electrons. The summed E-state index contributed by atoms with van der Waals surface area (Å²) in [6.45, 7) is 6.06. The minimum atomic E-state index is -3.85. The van der Waals surface area contributed by atoms with Gasteiger partial charge in [0.1, 0.15) is 22.1 Å². The summed E-state index contributed by atoms with van der Waals surface area (Å²) >= 11 is 0. The largest absolute Gasteiger partial charge is 0.507 e. The minimum absolute atomic E-state index is 0.0964. The SMILES string of the molecule is CCOC(=O)C(=O)Nc1cc(C)c(Oc2ccc(O)c(S(=O)(=O)N3CCCCC3)c2)c(C)c1. The fourth-order valence-corrected chi connectivity index (χ4v) is 5.30. The van der Waals surface area contributed by atoms with E-state index < -0.39 is 21.9 Å². The van der Waals surface area contributed by atoms with E-state index in [-0.39, 0.29) is 23.0 Å². The minimum Gasteiger partial charge on any atom is -0.507 e. The second-order valence-corrected chi connectivity index (χ2v) is 9.72. The van der Waals surface area contributed by atoms with Crippen LogP contribution in [-0.2, 0) is 24.3 Å². The van der Waals surface area contributed by atoms with Crippen LogP contribution in [0.2, 0.25) is 0 Å². The molecular formula is C23H28N2O7S. The van der Waals surface area contributed by atoms with Crippen molar-refractivity contribution in [2.45, 2.75) is 44.9 Å². The highest BCUT2D eigenvalue weighted by molar-refractivity contribution is 7.89. The number of aryl methyl sites for hydroxylation is 2. The van der Waals surface area contributed by atoms with Crippen LogP contribution in [0, 0.1) is 13.8 Å². The molecule has 0 aromatic heterocycles. The fraction of sp³-hybridized carbons (Fsp3) is 0.391. The van der Waals surface area contributed by atoms with E-state index in [0.29, 0.717) is 35.7 Å². The zero-order chi connectivity index (χ0) is 24.2. The van der Waals surface area contributed by atoms with Crippen LogP contribution in [0.25, 0.3) is 0 Å². The molecule has 1 fully saturated rings. The summed E-state index contributed by atoms with van der Waals surface area (Å²) in [5.41, 5.74) is 1.71. The van der Waals surface area contributed by atoms with E-state index >= 15 is 0 Å². The van der Waals surface area contributed by atoms with Crippen LogP contribution < -0.4 is 10.1 Å². The number of carbonyl (C=O) groups is 2. The van der Waals surface area contributed by atoms with Gasteiger partial charge in [0.2, 0.25) is 10.0 Å². The van der Waals surface area contributed by atoms with E-state index in [4.69, 9.17) is 4.74 Å². The Balaban J connectivity index is 1.84. The van der Waals surface area contributed by atoms with Crippen LogP contribution in [0.1, 0.15) is 37.3 Å².